The Morgan fingerprint density at radius 2 is 1.75 bits per heavy atom. The maximum Gasteiger partial charge on any atom is 0.305 e. The number of nitrogens with one attached hydrogen (secondary N) is 1. The molecule has 0 unspecified atom stereocenters. The van der Waals surface area contributed by atoms with Crippen LogP contribution >= 0.6 is 0 Å². The molecule has 0 aromatic carbocycles. The van der Waals surface area contributed by atoms with Gasteiger partial charge in [0.05, 0.1) is 12.5 Å². The van der Waals surface area contributed by atoms with E-state index in [1.165, 1.54) is 0 Å². The smallest absolute Gasteiger partial charge is 0.305 e. The number of aliphatic carboxylic acids is 1. The topological polar surface area (TPSA) is 92.4 Å². The normalized spacial score (nSPS) is 17.4. The molecule has 4 atom stereocenters. The fraction of sp³-hybridized carbons (Fsp3) is 0.867. The molecule has 5 heteroatoms. The predicted octanol–water partition coefficient (Wildman–Crippen LogP) is 2.00. The van der Waals surface area contributed by atoms with Crippen molar-refractivity contribution < 1.29 is 14.7 Å². The summed E-state index contributed by atoms with van der Waals surface area (Å²) in [4.78, 5) is 23.0. The summed E-state index contributed by atoms with van der Waals surface area (Å²) in [5, 5.41) is 11.8. The Hall–Kier alpha value is -1.10. The lowest BCUT2D eigenvalue weighted by Gasteiger charge is -2.30. The van der Waals surface area contributed by atoms with Gasteiger partial charge in [-0.3, -0.25) is 9.59 Å². The van der Waals surface area contributed by atoms with Crippen molar-refractivity contribution in [1.29, 1.82) is 0 Å². The average molecular weight is 286 g/mol. The molecule has 0 aromatic rings. The Balaban J connectivity index is 4.79. The van der Waals surface area contributed by atoms with E-state index in [1.54, 1.807) is 0 Å². The second-order valence-corrected chi connectivity index (χ2v) is 6.11. The van der Waals surface area contributed by atoms with Crippen LogP contribution in [-0.4, -0.2) is 29.1 Å². The molecule has 1 amide bonds. The zero-order chi connectivity index (χ0) is 15.9. The average Bonchev–Trinajstić information content (AvgIpc) is 2.35. The maximum atomic E-state index is 12.0. The highest BCUT2D eigenvalue weighted by Gasteiger charge is 2.28. The first-order valence-electron chi connectivity index (χ1n) is 7.48. The standard InChI is InChI=1S/C15H30N2O3/c1-6-7-10(4)11(5)12(8-13(18)19)17-15(20)14(16)9(2)3/h9-12,14H,6-8,16H2,1-5H3,(H,17,20)(H,18,19)/t10-,11-,12-,14+/m1/s1. The van der Waals surface area contributed by atoms with Gasteiger partial charge in [0, 0.05) is 6.04 Å². The van der Waals surface area contributed by atoms with Gasteiger partial charge in [-0.05, 0) is 17.8 Å². The van der Waals surface area contributed by atoms with E-state index in [0.717, 1.165) is 12.8 Å². The zero-order valence-electron chi connectivity index (χ0n) is 13.3. The van der Waals surface area contributed by atoms with Crippen LogP contribution in [0, 0.1) is 17.8 Å². The monoisotopic (exact) mass is 286 g/mol. The minimum absolute atomic E-state index is 0.0313. The van der Waals surface area contributed by atoms with Gasteiger partial charge in [0.15, 0.2) is 0 Å². The predicted molar refractivity (Wildman–Crippen MR) is 80.2 cm³/mol. The molecule has 0 saturated heterocycles. The molecule has 0 aliphatic rings. The summed E-state index contributed by atoms with van der Waals surface area (Å²) in [6, 6.07) is -0.966. The molecule has 4 N–H and O–H groups in total. The molecule has 0 spiro atoms. The minimum Gasteiger partial charge on any atom is -0.481 e. The molecule has 0 bridgehead atoms. The number of carboxylic acid groups (broad SMARTS) is 1. The summed E-state index contributed by atoms with van der Waals surface area (Å²) < 4.78 is 0. The lowest BCUT2D eigenvalue weighted by Crippen LogP contribution is -2.51. The minimum atomic E-state index is -0.899. The van der Waals surface area contributed by atoms with Gasteiger partial charge in [-0.1, -0.05) is 47.5 Å². The molecule has 0 aliphatic carbocycles. The van der Waals surface area contributed by atoms with Gasteiger partial charge >= 0.3 is 5.97 Å². The molecule has 0 heterocycles. The first-order valence-corrected chi connectivity index (χ1v) is 7.48. The van der Waals surface area contributed by atoms with Crippen molar-refractivity contribution in [2.75, 3.05) is 0 Å². The van der Waals surface area contributed by atoms with Gasteiger partial charge in [-0.15, -0.1) is 0 Å². The number of rotatable bonds is 9. The van der Waals surface area contributed by atoms with Gasteiger partial charge in [0.1, 0.15) is 0 Å². The van der Waals surface area contributed by atoms with E-state index in [-0.39, 0.29) is 30.2 Å². The molecule has 0 fully saturated rings. The first-order chi connectivity index (χ1) is 9.20. The fourth-order valence-corrected chi connectivity index (χ4v) is 2.25. The number of amides is 1. The van der Waals surface area contributed by atoms with Crippen molar-refractivity contribution in [1.82, 2.24) is 5.32 Å². The van der Waals surface area contributed by atoms with Gasteiger partial charge in [-0.25, -0.2) is 0 Å². The highest BCUT2D eigenvalue weighted by atomic mass is 16.4. The van der Waals surface area contributed by atoms with Crippen molar-refractivity contribution in [2.24, 2.45) is 23.5 Å². The number of nitrogens with two attached hydrogens (primary N) is 1. The zero-order valence-corrected chi connectivity index (χ0v) is 13.3. The van der Waals surface area contributed by atoms with Crippen LogP contribution in [0.5, 0.6) is 0 Å². The first kappa shape index (κ1) is 18.9. The third-order valence-electron chi connectivity index (χ3n) is 4.02. The lowest BCUT2D eigenvalue weighted by atomic mass is 9.84. The summed E-state index contributed by atoms with van der Waals surface area (Å²) in [6.45, 7) is 9.94. The molecule has 0 aromatic heterocycles. The molecule has 20 heavy (non-hydrogen) atoms. The van der Waals surface area contributed by atoms with E-state index < -0.39 is 12.0 Å². The van der Waals surface area contributed by atoms with Crippen molar-refractivity contribution in [3.63, 3.8) is 0 Å². The third-order valence-corrected chi connectivity index (χ3v) is 4.02. The number of hydrogen-bond donors (Lipinski definition) is 3. The highest BCUT2D eigenvalue weighted by molar-refractivity contribution is 5.82. The Bertz CT molecular complexity index is 318. The van der Waals surface area contributed by atoms with Crippen molar-refractivity contribution in [3.05, 3.63) is 0 Å². The molecule has 0 radical (unpaired) electrons. The summed E-state index contributed by atoms with van der Waals surface area (Å²) in [5.41, 5.74) is 5.81. The Labute approximate surface area is 122 Å². The second-order valence-electron chi connectivity index (χ2n) is 6.11. The van der Waals surface area contributed by atoms with Crippen molar-refractivity contribution in [2.45, 2.75) is 66.0 Å². The van der Waals surface area contributed by atoms with Crippen molar-refractivity contribution >= 4 is 11.9 Å². The highest BCUT2D eigenvalue weighted by Crippen LogP contribution is 2.22. The number of carbonyl (C=O) groups excluding carboxylic acids is 1. The van der Waals surface area contributed by atoms with Gasteiger partial charge in [0.2, 0.25) is 5.91 Å². The van der Waals surface area contributed by atoms with E-state index in [0.29, 0.717) is 5.92 Å². The van der Waals surface area contributed by atoms with Crippen LogP contribution in [0.15, 0.2) is 0 Å². The van der Waals surface area contributed by atoms with Crippen LogP contribution in [0.25, 0.3) is 0 Å². The molecular weight excluding hydrogens is 256 g/mol. The largest absolute Gasteiger partial charge is 0.481 e. The van der Waals surface area contributed by atoms with E-state index in [2.05, 4.69) is 19.2 Å². The summed E-state index contributed by atoms with van der Waals surface area (Å²) >= 11 is 0. The van der Waals surface area contributed by atoms with E-state index >= 15 is 0 Å². The third kappa shape index (κ3) is 6.37. The van der Waals surface area contributed by atoms with Crippen LogP contribution in [0.4, 0.5) is 0 Å². The fourth-order valence-electron chi connectivity index (χ4n) is 2.25. The molecule has 118 valence electrons. The SMILES string of the molecule is CCC[C@@H](C)[C@@H](C)[C@@H](CC(=O)O)NC(=O)[C@@H](N)C(C)C. The lowest BCUT2D eigenvalue weighted by molar-refractivity contribution is -0.138. The van der Waals surface area contributed by atoms with Crippen LogP contribution in [-0.2, 0) is 9.59 Å². The number of carboxylic acids is 1. The van der Waals surface area contributed by atoms with Gasteiger partial charge in [-0.2, -0.15) is 0 Å². The quantitative estimate of drug-likeness (QED) is 0.604. The van der Waals surface area contributed by atoms with Crippen molar-refractivity contribution in [3.8, 4) is 0 Å². The van der Waals surface area contributed by atoms with Crippen LogP contribution in [0.1, 0.15) is 53.9 Å². The molecular formula is C15H30N2O3. The van der Waals surface area contributed by atoms with Gasteiger partial charge < -0.3 is 16.2 Å². The van der Waals surface area contributed by atoms with E-state index in [9.17, 15) is 9.59 Å². The summed E-state index contributed by atoms with van der Waals surface area (Å²) in [6.07, 6.45) is 2.00. The molecule has 0 aliphatic heterocycles. The Kier molecular flexibility index (Phi) is 8.46. The molecule has 0 rings (SSSR count). The van der Waals surface area contributed by atoms with Gasteiger partial charge in [0.25, 0.3) is 0 Å². The Morgan fingerprint density at radius 3 is 2.15 bits per heavy atom. The molecule has 0 saturated carbocycles. The maximum absolute atomic E-state index is 12.0. The Morgan fingerprint density at radius 1 is 1.20 bits per heavy atom. The number of hydrogen-bond acceptors (Lipinski definition) is 3. The summed E-state index contributed by atoms with van der Waals surface area (Å²) in [5.74, 6) is -0.663. The van der Waals surface area contributed by atoms with Crippen LogP contribution < -0.4 is 11.1 Å². The van der Waals surface area contributed by atoms with E-state index in [1.807, 2.05) is 20.8 Å². The molecule has 5 nitrogen and oxygen atoms in total. The summed E-state index contributed by atoms with van der Waals surface area (Å²) in [7, 11) is 0. The van der Waals surface area contributed by atoms with E-state index in [4.69, 9.17) is 10.8 Å². The van der Waals surface area contributed by atoms with Crippen LogP contribution in [0.3, 0.4) is 0 Å². The van der Waals surface area contributed by atoms with Crippen LogP contribution in [0.2, 0.25) is 0 Å². The second kappa shape index (κ2) is 8.95. The number of carbonyl (C=O) groups is 2.